The summed E-state index contributed by atoms with van der Waals surface area (Å²) in [4.78, 5) is 12.5. The summed E-state index contributed by atoms with van der Waals surface area (Å²) in [6.07, 6.45) is 4.10. The van der Waals surface area contributed by atoms with Crippen LogP contribution in [0.5, 0.6) is 0 Å². The van der Waals surface area contributed by atoms with E-state index in [-0.39, 0.29) is 11.9 Å². The van der Waals surface area contributed by atoms with E-state index in [4.69, 9.17) is 5.73 Å². The van der Waals surface area contributed by atoms with Crippen molar-refractivity contribution >= 4 is 27.5 Å². The summed E-state index contributed by atoms with van der Waals surface area (Å²) in [5.74, 6) is -0.0816. The molecule has 0 aliphatic heterocycles. The van der Waals surface area contributed by atoms with Gasteiger partial charge < -0.3 is 15.6 Å². The lowest BCUT2D eigenvalue weighted by Gasteiger charge is -2.16. The third kappa shape index (κ3) is 2.97. The molecule has 0 saturated heterocycles. The molecule has 0 bridgehead atoms. The maximum Gasteiger partial charge on any atom is 0.268 e. The van der Waals surface area contributed by atoms with Crippen LogP contribution in [0.1, 0.15) is 47.9 Å². The highest BCUT2D eigenvalue weighted by Crippen LogP contribution is 2.37. The third-order valence-electron chi connectivity index (χ3n) is 3.76. The van der Waals surface area contributed by atoms with E-state index in [1.165, 1.54) is 0 Å². The molecule has 5 heteroatoms. The fourth-order valence-corrected chi connectivity index (χ4v) is 3.14. The zero-order valence-electron chi connectivity index (χ0n) is 11.8. The number of carbonyl (C=O) groups excluding carboxylic acids is 1. The largest absolute Gasteiger partial charge is 0.397 e. The minimum atomic E-state index is -0.0816. The highest BCUT2D eigenvalue weighted by Gasteiger charge is 2.28. The molecule has 1 heterocycles. The van der Waals surface area contributed by atoms with E-state index in [0.29, 0.717) is 17.4 Å². The van der Waals surface area contributed by atoms with Crippen LogP contribution in [0.2, 0.25) is 0 Å². The fraction of sp³-hybridized carbons (Fsp3) is 0.312. The van der Waals surface area contributed by atoms with Gasteiger partial charge in [0.25, 0.3) is 5.91 Å². The number of halogens is 1. The monoisotopic (exact) mass is 347 g/mol. The Bertz CT molecular complexity index is 676. The van der Waals surface area contributed by atoms with Crippen molar-refractivity contribution in [3.8, 4) is 0 Å². The number of nitrogens with two attached hydrogens (primary N) is 1. The molecule has 21 heavy (non-hydrogen) atoms. The molecular weight excluding hydrogens is 330 g/mol. The Morgan fingerprint density at radius 1 is 1.43 bits per heavy atom. The summed E-state index contributed by atoms with van der Waals surface area (Å²) in [5, 5.41) is 3.04. The van der Waals surface area contributed by atoms with Crippen molar-refractivity contribution in [2.24, 2.45) is 0 Å². The van der Waals surface area contributed by atoms with Crippen LogP contribution in [0.3, 0.4) is 0 Å². The minimum absolute atomic E-state index is 0.0724. The fourth-order valence-electron chi connectivity index (χ4n) is 2.51. The maximum atomic E-state index is 12.5. The Balaban J connectivity index is 1.79. The van der Waals surface area contributed by atoms with Gasteiger partial charge in [-0.15, -0.1) is 0 Å². The summed E-state index contributed by atoms with van der Waals surface area (Å²) in [7, 11) is 0. The minimum Gasteiger partial charge on any atom is -0.397 e. The quantitative estimate of drug-likeness (QED) is 0.886. The van der Waals surface area contributed by atoms with Gasteiger partial charge in [-0.2, -0.15) is 0 Å². The Morgan fingerprint density at radius 3 is 2.81 bits per heavy atom. The smallest absolute Gasteiger partial charge is 0.268 e. The second kappa shape index (κ2) is 5.56. The van der Waals surface area contributed by atoms with Crippen LogP contribution in [-0.4, -0.2) is 10.5 Å². The van der Waals surface area contributed by atoms with Crippen LogP contribution >= 0.6 is 15.9 Å². The van der Waals surface area contributed by atoms with Crippen molar-refractivity contribution in [1.29, 1.82) is 0 Å². The second-order valence-corrected chi connectivity index (χ2v) is 6.37. The van der Waals surface area contributed by atoms with Crippen molar-refractivity contribution in [2.75, 3.05) is 5.73 Å². The molecule has 1 amide bonds. The summed E-state index contributed by atoms with van der Waals surface area (Å²) >= 11 is 3.52. The lowest BCUT2D eigenvalue weighted by atomic mass is 10.1. The highest BCUT2D eigenvalue weighted by atomic mass is 79.9. The molecule has 1 aliphatic carbocycles. The van der Waals surface area contributed by atoms with Crippen LogP contribution in [0.4, 0.5) is 5.69 Å². The number of amides is 1. The molecule has 3 rings (SSSR count). The first-order chi connectivity index (χ1) is 10.1. The molecule has 0 radical (unpaired) electrons. The van der Waals surface area contributed by atoms with Gasteiger partial charge in [-0.1, -0.05) is 34.1 Å². The lowest BCUT2D eigenvalue weighted by molar-refractivity contribution is 0.0930. The van der Waals surface area contributed by atoms with Crippen molar-refractivity contribution in [3.63, 3.8) is 0 Å². The number of rotatable bonds is 4. The van der Waals surface area contributed by atoms with E-state index in [9.17, 15) is 4.79 Å². The molecule has 0 spiro atoms. The number of benzene rings is 1. The average Bonchev–Trinajstić information content (AvgIpc) is 3.21. The number of nitrogen functional groups attached to an aromatic ring is 1. The topological polar surface area (TPSA) is 60.1 Å². The van der Waals surface area contributed by atoms with Crippen LogP contribution in [0, 0.1) is 0 Å². The normalized spacial score (nSPS) is 15.7. The van der Waals surface area contributed by atoms with E-state index in [1.807, 2.05) is 42.0 Å². The SMILES string of the molecule is CC(NC(=O)c1cc(N)cn1C1CC1)c1ccccc1Br. The van der Waals surface area contributed by atoms with Gasteiger partial charge in [0.1, 0.15) is 5.69 Å². The first-order valence-corrected chi connectivity index (χ1v) is 7.88. The molecule has 2 aromatic rings. The van der Waals surface area contributed by atoms with E-state index in [2.05, 4.69) is 21.2 Å². The number of hydrogen-bond donors (Lipinski definition) is 2. The molecule has 1 unspecified atom stereocenters. The van der Waals surface area contributed by atoms with Gasteiger partial charge in [-0.3, -0.25) is 4.79 Å². The predicted octanol–water partition coefficient (Wildman–Crippen LogP) is 3.66. The highest BCUT2D eigenvalue weighted by molar-refractivity contribution is 9.10. The first-order valence-electron chi connectivity index (χ1n) is 7.09. The zero-order chi connectivity index (χ0) is 15.0. The lowest BCUT2D eigenvalue weighted by Crippen LogP contribution is -2.28. The molecule has 1 aromatic carbocycles. The molecule has 3 N–H and O–H groups in total. The van der Waals surface area contributed by atoms with Crippen LogP contribution < -0.4 is 11.1 Å². The van der Waals surface area contributed by atoms with Gasteiger partial charge in [-0.05, 0) is 37.5 Å². The number of anilines is 1. The van der Waals surface area contributed by atoms with E-state index in [0.717, 1.165) is 22.9 Å². The molecule has 1 atom stereocenters. The molecule has 1 fully saturated rings. The Labute approximate surface area is 132 Å². The predicted molar refractivity (Wildman–Crippen MR) is 87.1 cm³/mol. The van der Waals surface area contributed by atoms with Crippen molar-refractivity contribution in [3.05, 3.63) is 52.3 Å². The summed E-state index contributed by atoms with van der Waals surface area (Å²) in [5.41, 5.74) is 8.19. The molecule has 1 saturated carbocycles. The van der Waals surface area contributed by atoms with Crippen molar-refractivity contribution in [1.82, 2.24) is 9.88 Å². The molecular formula is C16H18BrN3O. The number of nitrogens with zero attached hydrogens (tertiary/aromatic N) is 1. The summed E-state index contributed by atoms with van der Waals surface area (Å²) < 4.78 is 2.99. The van der Waals surface area contributed by atoms with Gasteiger partial charge >= 0.3 is 0 Å². The molecule has 1 aliphatic rings. The molecule has 4 nitrogen and oxygen atoms in total. The first kappa shape index (κ1) is 14.2. The second-order valence-electron chi connectivity index (χ2n) is 5.51. The maximum absolute atomic E-state index is 12.5. The Morgan fingerprint density at radius 2 is 2.14 bits per heavy atom. The van der Waals surface area contributed by atoms with Crippen LogP contribution in [0.25, 0.3) is 0 Å². The van der Waals surface area contributed by atoms with Gasteiger partial charge in [0.2, 0.25) is 0 Å². The molecule has 110 valence electrons. The number of aromatic nitrogens is 1. The standard InChI is InChI=1S/C16H18BrN3O/c1-10(13-4-2-3-5-14(13)17)19-16(21)15-8-11(18)9-20(15)12-6-7-12/h2-5,8-10,12H,6-7,18H2,1H3,(H,19,21). The van der Waals surface area contributed by atoms with Gasteiger partial charge in [0.15, 0.2) is 0 Å². The zero-order valence-corrected chi connectivity index (χ0v) is 13.4. The van der Waals surface area contributed by atoms with E-state index in [1.54, 1.807) is 6.07 Å². The third-order valence-corrected chi connectivity index (χ3v) is 4.48. The van der Waals surface area contributed by atoms with Crippen molar-refractivity contribution < 1.29 is 4.79 Å². The van der Waals surface area contributed by atoms with E-state index < -0.39 is 0 Å². The van der Waals surface area contributed by atoms with Gasteiger partial charge in [0, 0.05) is 16.7 Å². The molecule has 1 aromatic heterocycles. The number of carbonyl (C=O) groups is 1. The van der Waals surface area contributed by atoms with Gasteiger partial charge in [-0.25, -0.2) is 0 Å². The summed E-state index contributed by atoms with van der Waals surface area (Å²) in [6.45, 7) is 1.98. The van der Waals surface area contributed by atoms with E-state index >= 15 is 0 Å². The Kier molecular flexibility index (Phi) is 3.76. The van der Waals surface area contributed by atoms with Gasteiger partial charge in [0.05, 0.1) is 11.7 Å². The number of nitrogens with one attached hydrogen (secondary N) is 1. The Hall–Kier alpha value is -1.75. The van der Waals surface area contributed by atoms with Crippen LogP contribution in [-0.2, 0) is 0 Å². The van der Waals surface area contributed by atoms with Crippen LogP contribution in [0.15, 0.2) is 41.0 Å². The summed E-state index contributed by atoms with van der Waals surface area (Å²) in [6, 6.07) is 10.0. The van der Waals surface area contributed by atoms with Crippen molar-refractivity contribution in [2.45, 2.75) is 31.8 Å². The number of hydrogen-bond acceptors (Lipinski definition) is 2. The average molecular weight is 348 g/mol.